The second-order valence-corrected chi connectivity index (χ2v) is 14.6. The highest BCUT2D eigenvalue weighted by molar-refractivity contribution is 6.74. The van der Waals surface area contributed by atoms with Crippen LogP contribution >= 0.6 is 0 Å². The summed E-state index contributed by atoms with van der Waals surface area (Å²) in [4.78, 5) is 12.3. The highest BCUT2D eigenvalue weighted by Crippen LogP contribution is 2.41. The zero-order chi connectivity index (χ0) is 21.6. The van der Waals surface area contributed by atoms with Gasteiger partial charge in [-0.25, -0.2) is 4.79 Å². The standard InChI is InChI=1S/C23H39NO3Si/c1-10-14-19(24-21(25)26-22(2,3)4)17-20(18-15-12-11-13-16-18)27-28(8,9)23(5,6)7/h10-13,15-16,19-20H,1,14,17H2,2-9H3,(H,24,25)/t19-,20+/m1/s1. The van der Waals surface area contributed by atoms with E-state index in [1.54, 1.807) is 0 Å². The fraction of sp³-hybridized carbons (Fsp3) is 0.609. The van der Waals surface area contributed by atoms with Gasteiger partial charge in [0, 0.05) is 6.04 Å². The van der Waals surface area contributed by atoms with Crippen molar-refractivity contribution in [1.29, 1.82) is 0 Å². The van der Waals surface area contributed by atoms with Crippen molar-refractivity contribution in [3.8, 4) is 0 Å². The van der Waals surface area contributed by atoms with E-state index in [9.17, 15) is 4.79 Å². The van der Waals surface area contributed by atoms with Crippen LogP contribution in [0.3, 0.4) is 0 Å². The van der Waals surface area contributed by atoms with Gasteiger partial charge in [-0.05, 0) is 57.3 Å². The molecular weight excluding hydrogens is 366 g/mol. The van der Waals surface area contributed by atoms with Gasteiger partial charge < -0.3 is 14.5 Å². The van der Waals surface area contributed by atoms with Crippen molar-refractivity contribution in [2.24, 2.45) is 0 Å². The van der Waals surface area contributed by atoms with Gasteiger partial charge in [0.25, 0.3) is 0 Å². The Hall–Kier alpha value is -1.59. The lowest BCUT2D eigenvalue weighted by Crippen LogP contribution is -2.44. The number of carbonyl (C=O) groups is 1. The van der Waals surface area contributed by atoms with Crippen molar-refractivity contribution >= 4 is 14.4 Å². The minimum atomic E-state index is -1.99. The van der Waals surface area contributed by atoms with Gasteiger partial charge in [-0.15, -0.1) is 6.58 Å². The number of hydrogen-bond donors (Lipinski definition) is 1. The van der Waals surface area contributed by atoms with Crippen LogP contribution in [0.25, 0.3) is 0 Å². The van der Waals surface area contributed by atoms with Gasteiger partial charge in [0.2, 0.25) is 0 Å². The number of ether oxygens (including phenoxy) is 1. The summed E-state index contributed by atoms with van der Waals surface area (Å²) >= 11 is 0. The van der Waals surface area contributed by atoms with Gasteiger partial charge in [0.15, 0.2) is 8.32 Å². The molecule has 0 spiro atoms. The first-order valence-corrected chi connectivity index (χ1v) is 13.0. The lowest BCUT2D eigenvalue weighted by molar-refractivity contribution is 0.0486. The van der Waals surface area contributed by atoms with Crippen LogP contribution in [0.15, 0.2) is 43.0 Å². The number of hydrogen-bond acceptors (Lipinski definition) is 3. The van der Waals surface area contributed by atoms with E-state index in [0.717, 1.165) is 5.56 Å². The minimum absolute atomic E-state index is 0.0954. The molecule has 0 saturated heterocycles. The highest BCUT2D eigenvalue weighted by Gasteiger charge is 2.40. The maximum Gasteiger partial charge on any atom is 0.407 e. The number of benzene rings is 1. The maximum absolute atomic E-state index is 12.3. The average molecular weight is 406 g/mol. The van der Waals surface area contributed by atoms with Crippen LogP contribution in [0.5, 0.6) is 0 Å². The molecular formula is C23H39NO3Si. The second-order valence-electron chi connectivity index (χ2n) is 9.88. The van der Waals surface area contributed by atoms with Crippen LogP contribution in [-0.2, 0) is 9.16 Å². The van der Waals surface area contributed by atoms with E-state index in [1.165, 1.54) is 0 Å². The van der Waals surface area contributed by atoms with Crippen LogP contribution in [0, 0.1) is 0 Å². The van der Waals surface area contributed by atoms with Gasteiger partial charge in [-0.2, -0.15) is 0 Å². The van der Waals surface area contributed by atoms with Crippen LogP contribution in [0.4, 0.5) is 4.79 Å². The van der Waals surface area contributed by atoms with Crippen LogP contribution in [-0.4, -0.2) is 26.1 Å². The fourth-order valence-corrected chi connectivity index (χ4v) is 3.90. The topological polar surface area (TPSA) is 47.6 Å². The van der Waals surface area contributed by atoms with E-state index < -0.39 is 20.0 Å². The molecule has 5 heteroatoms. The first-order valence-electron chi connectivity index (χ1n) is 10.1. The summed E-state index contributed by atoms with van der Waals surface area (Å²) in [5.74, 6) is 0. The Morgan fingerprint density at radius 2 is 1.71 bits per heavy atom. The zero-order valence-corrected chi connectivity index (χ0v) is 20.0. The molecule has 0 fully saturated rings. The lowest BCUT2D eigenvalue weighted by atomic mass is 10.00. The Kier molecular flexibility index (Phi) is 8.51. The van der Waals surface area contributed by atoms with Crippen molar-refractivity contribution < 1.29 is 14.0 Å². The molecule has 0 radical (unpaired) electrons. The lowest BCUT2D eigenvalue weighted by Gasteiger charge is -2.40. The predicted octanol–water partition coefficient (Wildman–Crippen LogP) is 6.61. The summed E-state index contributed by atoms with van der Waals surface area (Å²) in [5.41, 5.74) is 0.603. The van der Waals surface area contributed by atoms with Gasteiger partial charge in [-0.3, -0.25) is 0 Å². The molecule has 0 aliphatic heterocycles. The number of nitrogens with one attached hydrogen (secondary N) is 1. The zero-order valence-electron chi connectivity index (χ0n) is 19.0. The molecule has 0 aliphatic rings. The van der Waals surface area contributed by atoms with Crippen LogP contribution in [0.2, 0.25) is 18.1 Å². The Bertz CT molecular complexity index is 629. The van der Waals surface area contributed by atoms with Crippen molar-refractivity contribution in [1.82, 2.24) is 5.32 Å². The quantitative estimate of drug-likeness (QED) is 0.391. The number of rotatable bonds is 8. The van der Waals surface area contributed by atoms with Gasteiger partial charge in [0.05, 0.1) is 6.10 Å². The molecule has 1 aromatic rings. The van der Waals surface area contributed by atoms with Crippen molar-refractivity contribution in [2.45, 2.75) is 90.3 Å². The first-order chi connectivity index (χ1) is 12.7. The Labute approximate surface area is 172 Å². The molecule has 28 heavy (non-hydrogen) atoms. The summed E-state index contributed by atoms with van der Waals surface area (Å²) in [6.07, 6.45) is 2.65. The Balaban J connectivity index is 3.04. The summed E-state index contributed by atoms with van der Waals surface area (Å²) in [6, 6.07) is 10.1. The van der Waals surface area contributed by atoms with Crippen molar-refractivity contribution in [2.75, 3.05) is 0 Å². The summed E-state index contributed by atoms with van der Waals surface area (Å²) in [5, 5.41) is 3.11. The molecule has 0 aliphatic carbocycles. The number of carbonyl (C=O) groups excluding carboxylic acids is 1. The fourth-order valence-electron chi connectivity index (χ4n) is 2.60. The summed E-state index contributed by atoms with van der Waals surface area (Å²) in [7, 11) is -1.99. The second kappa shape index (κ2) is 9.75. The van der Waals surface area contributed by atoms with E-state index in [4.69, 9.17) is 9.16 Å². The van der Waals surface area contributed by atoms with E-state index in [0.29, 0.717) is 12.8 Å². The van der Waals surface area contributed by atoms with Crippen LogP contribution in [0.1, 0.15) is 66.1 Å². The third-order valence-corrected chi connectivity index (χ3v) is 9.57. The number of amides is 1. The van der Waals surface area contributed by atoms with Crippen LogP contribution < -0.4 is 5.32 Å². The third-order valence-electron chi connectivity index (χ3n) is 5.09. The molecule has 158 valence electrons. The Morgan fingerprint density at radius 3 is 2.18 bits per heavy atom. The molecule has 0 aromatic heterocycles. The molecule has 0 unspecified atom stereocenters. The molecule has 0 saturated carbocycles. The van der Waals surface area contributed by atoms with E-state index in [-0.39, 0.29) is 17.2 Å². The largest absolute Gasteiger partial charge is 0.444 e. The van der Waals surface area contributed by atoms with Crippen molar-refractivity contribution in [3.05, 3.63) is 48.6 Å². The van der Waals surface area contributed by atoms with Gasteiger partial charge >= 0.3 is 6.09 Å². The van der Waals surface area contributed by atoms with E-state index >= 15 is 0 Å². The summed E-state index contributed by atoms with van der Waals surface area (Å²) in [6.45, 7) is 20.7. The molecule has 2 atom stereocenters. The maximum atomic E-state index is 12.3. The molecule has 1 N–H and O–H groups in total. The normalized spacial score (nSPS) is 14.9. The average Bonchev–Trinajstić information content (AvgIpc) is 2.52. The highest BCUT2D eigenvalue weighted by atomic mass is 28.4. The number of alkyl carbamates (subject to hydrolysis) is 1. The van der Waals surface area contributed by atoms with Gasteiger partial charge in [0.1, 0.15) is 5.60 Å². The first kappa shape index (κ1) is 24.4. The predicted molar refractivity (Wildman–Crippen MR) is 120 cm³/mol. The Morgan fingerprint density at radius 1 is 1.14 bits per heavy atom. The molecule has 1 aromatic carbocycles. The third kappa shape index (κ3) is 8.19. The SMILES string of the molecule is C=CC[C@H](C[C@H](O[Si](C)(C)C(C)(C)C)c1ccccc1)NC(=O)OC(C)(C)C. The molecule has 4 nitrogen and oxygen atoms in total. The minimum Gasteiger partial charge on any atom is -0.444 e. The monoisotopic (exact) mass is 405 g/mol. The summed E-state index contributed by atoms with van der Waals surface area (Å²) < 4.78 is 12.2. The molecule has 0 heterocycles. The van der Waals surface area contributed by atoms with E-state index in [1.807, 2.05) is 45.0 Å². The molecule has 1 amide bonds. The molecule has 0 bridgehead atoms. The van der Waals surface area contributed by atoms with Gasteiger partial charge in [-0.1, -0.05) is 57.2 Å². The molecule has 1 rings (SSSR count). The smallest absolute Gasteiger partial charge is 0.407 e. The van der Waals surface area contributed by atoms with Crippen molar-refractivity contribution in [3.63, 3.8) is 0 Å². The van der Waals surface area contributed by atoms with E-state index in [2.05, 4.69) is 57.9 Å².